The highest BCUT2D eigenvalue weighted by molar-refractivity contribution is 6.36. The second kappa shape index (κ2) is 8.64. The average molecular weight is 445 g/mol. The summed E-state index contributed by atoms with van der Waals surface area (Å²) >= 11 is 5.99. The topological polar surface area (TPSA) is 49.4 Å². The van der Waals surface area contributed by atoms with Gasteiger partial charge in [-0.25, -0.2) is 0 Å². The monoisotopic (exact) mass is 444 g/mol. The molecule has 0 aliphatic carbocycles. The number of amides is 2. The SMILES string of the molecule is Cc1ccc(C2=C(Nc3cccc(C)c3C)C(=O)N(Cc3ccc(Cl)cc3)C2=O)cc1C. The van der Waals surface area contributed by atoms with Gasteiger partial charge in [0.1, 0.15) is 5.70 Å². The maximum absolute atomic E-state index is 13.5. The third-order valence-corrected chi connectivity index (χ3v) is 6.33. The summed E-state index contributed by atoms with van der Waals surface area (Å²) in [6.07, 6.45) is 0. The number of imide groups is 1. The van der Waals surface area contributed by atoms with Crippen LogP contribution in [0.5, 0.6) is 0 Å². The molecule has 3 aromatic carbocycles. The first-order valence-corrected chi connectivity index (χ1v) is 10.9. The number of halogens is 1. The largest absolute Gasteiger partial charge is 0.350 e. The van der Waals surface area contributed by atoms with E-state index in [1.807, 2.05) is 76.2 Å². The normalized spacial score (nSPS) is 13.8. The van der Waals surface area contributed by atoms with Crippen LogP contribution in [0.1, 0.15) is 33.4 Å². The highest BCUT2D eigenvalue weighted by Crippen LogP contribution is 2.33. The molecule has 5 heteroatoms. The molecule has 0 radical (unpaired) electrons. The third kappa shape index (κ3) is 4.06. The van der Waals surface area contributed by atoms with Gasteiger partial charge in [0, 0.05) is 10.7 Å². The van der Waals surface area contributed by atoms with E-state index < -0.39 is 0 Å². The summed E-state index contributed by atoms with van der Waals surface area (Å²) in [5.74, 6) is -0.639. The Bertz CT molecular complexity index is 1260. The van der Waals surface area contributed by atoms with E-state index in [-0.39, 0.29) is 18.4 Å². The minimum absolute atomic E-state index is 0.182. The van der Waals surface area contributed by atoms with Gasteiger partial charge >= 0.3 is 0 Å². The minimum Gasteiger partial charge on any atom is -0.350 e. The Morgan fingerprint density at radius 3 is 2.22 bits per heavy atom. The number of carbonyl (C=O) groups is 2. The van der Waals surface area contributed by atoms with E-state index in [9.17, 15) is 9.59 Å². The molecule has 1 aliphatic rings. The van der Waals surface area contributed by atoms with E-state index >= 15 is 0 Å². The molecule has 4 nitrogen and oxygen atoms in total. The average Bonchev–Trinajstić information content (AvgIpc) is 2.99. The molecule has 0 spiro atoms. The maximum atomic E-state index is 13.5. The number of aryl methyl sites for hydroxylation is 3. The molecule has 0 saturated heterocycles. The van der Waals surface area contributed by atoms with Crippen molar-refractivity contribution in [3.8, 4) is 0 Å². The lowest BCUT2D eigenvalue weighted by molar-refractivity contribution is -0.137. The van der Waals surface area contributed by atoms with Crippen molar-refractivity contribution in [1.82, 2.24) is 4.90 Å². The predicted molar refractivity (Wildman–Crippen MR) is 129 cm³/mol. The highest BCUT2D eigenvalue weighted by Gasteiger charge is 2.39. The number of anilines is 1. The number of hydrogen-bond donors (Lipinski definition) is 1. The smallest absolute Gasteiger partial charge is 0.278 e. The fraction of sp³-hybridized carbons (Fsp3) is 0.185. The first kappa shape index (κ1) is 21.8. The van der Waals surface area contributed by atoms with Crippen molar-refractivity contribution in [3.05, 3.63) is 105 Å². The summed E-state index contributed by atoms with van der Waals surface area (Å²) in [5.41, 5.74) is 7.44. The Kier molecular flexibility index (Phi) is 5.90. The van der Waals surface area contributed by atoms with Crippen molar-refractivity contribution in [2.24, 2.45) is 0 Å². The minimum atomic E-state index is -0.334. The Labute approximate surface area is 193 Å². The van der Waals surface area contributed by atoms with E-state index in [1.54, 1.807) is 12.1 Å². The van der Waals surface area contributed by atoms with Crippen LogP contribution in [0.2, 0.25) is 5.02 Å². The fourth-order valence-corrected chi connectivity index (χ4v) is 3.92. The number of nitrogens with zero attached hydrogens (tertiary/aromatic N) is 1. The van der Waals surface area contributed by atoms with Crippen LogP contribution >= 0.6 is 11.6 Å². The molecule has 3 aromatic rings. The van der Waals surface area contributed by atoms with Crippen LogP contribution in [0, 0.1) is 27.7 Å². The van der Waals surface area contributed by atoms with Gasteiger partial charge in [-0.15, -0.1) is 0 Å². The summed E-state index contributed by atoms with van der Waals surface area (Å²) < 4.78 is 0. The molecule has 162 valence electrons. The Morgan fingerprint density at radius 1 is 0.812 bits per heavy atom. The van der Waals surface area contributed by atoms with E-state index in [1.165, 1.54) is 4.90 Å². The summed E-state index contributed by atoms with van der Waals surface area (Å²) in [4.78, 5) is 28.3. The van der Waals surface area contributed by atoms with E-state index in [0.29, 0.717) is 16.3 Å². The van der Waals surface area contributed by atoms with E-state index in [2.05, 4.69) is 5.32 Å². The molecule has 4 rings (SSSR count). The fourth-order valence-electron chi connectivity index (χ4n) is 3.79. The summed E-state index contributed by atoms with van der Waals surface area (Å²) in [5, 5.41) is 3.89. The van der Waals surface area contributed by atoms with Crippen molar-refractivity contribution in [3.63, 3.8) is 0 Å². The third-order valence-electron chi connectivity index (χ3n) is 6.08. The summed E-state index contributed by atoms with van der Waals surface area (Å²) in [6, 6.07) is 18.9. The Hall–Kier alpha value is -3.37. The van der Waals surface area contributed by atoms with Crippen molar-refractivity contribution in [2.75, 3.05) is 5.32 Å². The lowest BCUT2D eigenvalue weighted by Gasteiger charge is -2.16. The molecule has 0 saturated carbocycles. The molecule has 1 N–H and O–H groups in total. The molecule has 0 fully saturated rings. The summed E-state index contributed by atoms with van der Waals surface area (Å²) in [6.45, 7) is 8.23. The molecule has 2 amide bonds. The molecule has 0 aromatic heterocycles. The lowest BCUT2D eigenvalue weighted by atomic mass is 9.99. The van der Waals surface area contributed by atoms with Gasteiger partial charge in [-0.2, -0.15) is 0 Å². The van der Waals surface area contributed by atoms with Gasteiger partial charge in [0.2, 0.25) is 0 Å². The number of carbonyl (C=O) groups excluding carboxylic acids is 2. The lowest BCUT2D eigenvalue weighted by Crippen LogP contribution is -2.32. The molecule has 1 heterocycles. The van der Waals surface area contributed by atoms with Crippen LogP contribution in [0.15, 0.2) is 66.4 Å². The Balaban J connectivity index is 1.79. The van der Waals surface area contributed by atoms with E-state index in [0.717, 1.165) is 39.1 Å². The van der Waals surface area contributed by atoms with Crippen molar-refractivity contribution in [1.29, 1.82) is 0 Å². The zero-order chi connectivity index (χ0) is 23.0. The second-order valence-corrected chi connectivity index (χ2v) is 8.68. The number of nitrogens with one attached hydrogen (secondary N) is 1. The molecular weight excluding hydrogens is 420 g/mol. The van der Waals surface area contributed by atoms with E-state index in [4.69, 9.17) is 11.6 Å². The van der Waals surface area contributed by atoms with Gasteiger partial charge in [-0.3, -0.25) is 14.5 Å². The first-order chi connectivity index (χ1) is 15.3. The predicted octanol–water partition coefficient (Wildman–Crippen LogP) is 5.97. The van der Waals surface area contributed by atoms with Crippen LogP contribution in [-0.2, 0) is 16.1 Å². The second-order valence-electron chi connectivity index (χ2n) is 8.24. The zero-order valence-electron chi connectivity index (χ0n) is 18.6. The maximum Gasteiger partial charge on any atom is 0.278 e. The first-order valence-electron chi connectivity index (χ1n) is 10.5. The summed E-state index contributed by atoms with van der Waals surface area (Å²) in [7, 11) is 0. The van der Waals surface area contributed by atoms with Gasteiger partial charge in [-0.05, 0) is 79.3 Å². The zero-order valence-corrected chi connectivity index (χ0v) is 19.4. The molecule has 1 aliphatic heterocycles. The van der Waals surface area contributed by atoms with Gasteiger partial charge in [0.25, 0.3) is 11.8 Å². The number of benzene rings is 3. The quantitative estimate of drug-likeness (QED) is 0.493. The van der Waals surface area contributed by atoms with Crippen LogP contribution in [0.3, 0.4) is 0 Å². The van der Waals surface area contributed by atoms with Gasteiger partial charge in [0.05, 0.1) is 12.1 Å². The van der Waals surface area contributed by atoms with Crippen molar-refractivity contribution < 1.29 is 9.59 Å². The van der Waals surface area contributed by atoms with Crippen molar-refractivity contribution in [2.45, 2.75) is 34.2 Å². The van der Waals surface area contributed by atoms with Crippen LogP contribution in [-0.4, -0.2) is 16.7 Å². The van der Waals surface area contributed by atoms with Gasteiger partial charge < -0.3 is 5.32 Å². The van der Waals surface area contributed by atoms with Gasteiger partial charge in [-0.1, -0.05) is 54.1 Å². The van der Waals surface area contributed by atoms with Crippen LogP contribution in [0.4, 0.5) is 5.69 Å². The van der Waals surface area contributed by atoms with Gasteiger partial charge in [0.15, 0.2) is 0 Å². The molecule has 0 bridgehead atoms. The molecule has 32 heavy (non-hydrogen) atoms. The molecule has 0 atom stereocenters. The van der Waals surface area contributed by atoms with Crippen molar-refractivity contribution >= 4 is 34.7 Å². The van der Waals surface area contributed by atoms with Crippen LogP contribution < -0.4 is 5.32 Å². The molecular formula is C27H25ClN2O2. The Morgan fingerprint density at radius 2 is 1.53 bits per heavy atom. The number of hydrogen-bond acceptors (Lipinski definition) is 3. The van der Waals surface area contributed by atoms with Crippen LogP contribution in [0.25, 0.3) is 5.57 Å². The number of rotatable bonds is 5. The standard InChI is InChI=1S/C27H25ClN2O2/c1-16-8-11-21(14-18(16)3)24-25(29-23-7-5-6-17(2)19(23)4)27(32)30(26(24)31)15-20-9-12-22(28)13-10-20/h5-14,29H,15H2,1-4H3. The molecule has 0 unspecified atom stereocenters. The highest BCUT2D eigenvalue weighted by atomic mass is 35.5.